The third kappa shape index (κ3) is 3.35. The minimum atomic E-state index is -0.788. The second-order valence-electron chi connectivity index (χ2n) is 7.84. The Labute approximate surface area is 145 Å². The molecule has 1 unspecified atom stereocenters. The normalized spacial score (nSPS) is 30.3. The fraction of sp³-hybridized carbons (Fsp3) is 0.611. The van der Waals surface area contributed by atoms with Gasteiger partial charge in [0.1, 0.15) is 5.75 Å². The average molecular weight is 382 g/mol. The van der Waals surface area contributed by atoms with E-state index in [-0.39, 0.29) is 17.6 Å². The minimum absolute atomic E-state index is 0.0531. The fourth-order valence-electron chi connectivity index (χ4n) is 4.43. The minimum Gasteiger partial charge on any atom is -0.490 e. The van der Waals surface area contributed by atoms with E-state index < -0.39 is 6.09 Å². The third-order valence-corrected chi connectivity index (χ3v) is 5.60. The van der Waals surface area contributed by atoms with Crippen LogP contribution in [0, 0.1) is 17.3 Å². The lowest BCUT2D eigenvalue weighted by Gasteiger charge is -2.37. The molecule has 1 aromatic carbocycles. The van der Waals surface area contributed by atoms with Gasteiger partial charge >= 0.3 is 6.09 Å². The number of nitrogens with zero attached hydrogens (tertiary/aromatic N) is 1. The molecule has 2 fully saturated rings. The van der Waals surface area contributed by atoms with Gasteiger partial charge in [-0.2, -0.15) is 0 Å². The monoisotopic (exact) mass is 381 g/mol. The summed E-state index contributed by atoms with van der Waals surface area (Å²) in [4.78, 5) is 13.2. The molecule has 1 aromatic rings. The molecular weight excluding hydrogens is 358 g/mol. The first-order valence-corrected chi connectivity index (χ1v) is 8.97. The van der Waals surface area contributed by atoms with E-state index in [2.05, 4.69) is 36.7 Å². The summed E-state index contributed by atoms with van der Waals surface area (Å²) in [6.45, 7) is 7.05. The fourth-order valence-corrected chi connectivity index (χ4v) is 4.81. The Morgan fingerprint density at radius 2 is 2.09 bits per heavy atom. The van der Waals surface area contributed by atoms with Gasteiger partial charge in [0.15, 0.2) is 0 Å². The number of fused-ring (bicyclic) bond motifs is 1. The van der Waals surface area contributed by atoms with Crippen LogP contribution in [0.5, 0.6) is 5.75 Å². The van der Waals surface area contributed by atoms with Gasteiger partial charge in [-0.25, -0.2) is 4.79 Å². The van der Waals surface area contributed by atoms with Gasteiger partial charge in [-0.05, 0) is 48.3 Å². The lowest BCUT2D eigenvalue weighted by molar-refractivity contribution is 0.0816. The lowest BCUT2D eigenvalue weighted by Crippen LogP contribution is -2.45. The molecule has 1 N–H and O–H groups in total. The number of halogens is 1. The van der Waals surface area contributed by atoms with E-state index >= 15 is 0 Å². The number of amides is 1. The van der Waals surface area contributed by atoms with Crippen molar-refractivity contribution in [1.82, 2.24) is 4.90 Å². The van der Waals surface area contributed by atoms with E-state index in [0.29, 0.717) is 18.4 Å². The zero-order valence-electron chi connectivity index (χ0n) is 13.8. The average Bonchev–Trinajstić information content (AvgIpc) is 2.93. The first-order valence-electron chi connectivity index (χ1n) is 8.17. The molecule has 1 heterocycles. The van der Waals surface area contributed by atoms with Crippen molar-refractivity contribution in [2.75, 3.05) is 6.54 Å². The van der Waals surface area contributed by atoms with Crippen molar-refractivity contribution in [2.24, 2.45) is 17.3 Å². The molecule has 1 saturated heterocycles. The van der Waals surface area contributed by atoms with Crippen molar-refractivity contribution in [3.05, 3.63) is 28.7 Å². The van der Waals surface area contributed by atoms with Crippen LogP contribution in [0.2, 0.25) is 0 Å². The quantitative estimate of drug-likeness (QED) is 0.811. The van der Waals surface area contributed by atoms with Crippen molar-refractivity contribution in [3.8, 4) is 5.75 Å². The Morgan fingerprint density at radius 3 is 2.70 bits per heavy atom. The summed E-state index contributed by atoms with van der Waals surface area (Å²) in [7, 11) is 0. The van der Waals surface area contributed by atoms with Crippen LogP contribution in [0.1, 0.15) is 33.6 Å². The van der Waals surface area contributed by atoms with E-state index in [9.17, 15) is 9.90 Å². The van der Waals surface area contributed by atoms with Crippen molar-refractivity contribution < 1.29 is 14.6 Å². The molecule has 0 radical (unpaired) electrons. The van der Waals surface area contributed by atoms with Crippen LogP contribution in [0.3, 0.4) is 0 Å². The largest absolute Gasteiger partial charge is 0.490 e. The summed E-state index contributed by atoms with van der Waals surface area (Å²) in [6.07, 6.45) is 1.26. The van der Waals surface area contributed by atoms with Crippen molar-refractivity contribution >= 4 is 22.0 Å². The van der Waals surface area contributed by atoms with Gasteiger partial charge in [-0.15, -0.1) is 0 Å². The van der Waals surface area contributed by atoms with Crippen LogP contribution in [0.25, 0.3) is 0 Å². The molecule has 0 aromatic heterocycles. The number of hydrogen-bond acceptors (Lipinski definition) is 2. The van der Waals surface area contributed by atoms with Crippen molar-refractivity contribution in [1.29, 1.82) is 0 Å². The molecule has 4 nitrogen and oxygen atoms in total. The molecule has 4 atom stereocenters. The van der Waals surface area contributed by atoms with Gasteiger partial charge in [-0.3, -0.25) is 0 Å². The van der Waals surface area contributed by atoms with Crippen LogP contribution >= 0.6 is 15.9 Å². The van der Waals surface area contributed by atoms with Gasteiger partial charge in [0, 0.05) is 17.1 Å². The maximum atomic E-state index is 11.6. The second kappa shape index (κ2) is 6.00. The lowest BCUT2D eigenvalue weighted by atomic mass is 9.77. The Balaban J connectivity index is 1.73. The Morgan fingerprint density at radius 1 is 1.35 bits per heavy atom. The van der Waals surface area contributed by atoms with Crippen LogP contribution in [-0.4, -0.2) is 34.8 Å². The highest BCUT2D eigenvalue weighted by Crippen LogP contribution is 2.48. The highest BCUT2D eigenvalue weighted by molar-refractivity contribution is 9.10. The van der Waals surface area contributed by atoms with Crippen LogP contribution < -0.4 is 4.74 Å². The molecule has 1 aliphatic carbocycles. The molecule has 1 amide bonds. The van der Waals surface area contributed by atoms with E-state index in [0.717, 1.165) is 23.1 Å². The number of carboxylic acid groups (broad SMARTS) is 1. The molecule has 126 valence electrons. The van der Waals surface area contributed by atoms with Crippen LogP contribution in [0.4, 0.5) is 4.79 Å². The Kier molecular flexibility index (Phi) is 4.34. The highest BCUT2D eigenvalue weighted by atomic mass is 79.9. The standard InChI is InChI=1S/C18H24BrNO3/c1-18(2,3)16-15-9-14(7-11(15)10-20(16)17(21)22)23-13-6-4-5-12(19)8-13/h4-6,8,11,14-16H,7,9-10H2,1-3H3,(H,21,22)/t11-,14-,15-,16?/m0/s1. The molecule has 5 heteroatoms. The third-order valence-electron chi connectivity index (χ3n) is 5.11. The van der Waals surface area contributed by atoms with Crippen molar-refractivity contribution in [2.45, 2.75) is 45.8 Å². The molecule has 1 saturated carbocycles. The van der Waals surface area contributed by atoms with Crippen LogP contribution in [0.15, 0.2) is 28.7 Å². The number of rotatable bonds is 2. The second-order valence-corrected chi connectivity index (χ2v) is 8.75. The first-order chi connectivity index (χ1) is 10.8. The van der Waals surface area contributed by atoms with Gasteiger partial charge in [-0.1, -0.05) is 42.8 Å². The van der Waals surface area contributed by atoms with Crippen LogP contribution in [-0.2, 0) is 0 Å². The van der Waals surface area contributed by atoms with Crippen molar-refractivity contribution in [3.63, 3.8) is 0 Å². The van der Waals surface area contributed by atoms with Gasteiger partial charge < -0.3 is 14.7 Å². The van der Waals surface area contributed by atoms with E-state index in [1.54, 1.807) is 4.90 Å². The predicted molar refractivity (Wildman–Crippen MR) is 92.7 cm³/mol. The van der Waals surface area contributed by atoms with E-state index in [1.807, 2.05) is 24.3 Å². The smallest absolute Gasteiger partial charge is 0.407 e. The molecule has 23 heavy (non-hydrogen) atoms. The van der Waals surface area contributed by atoms with Gasteiger partial charge in [0.25, 0.3) is 0 Å². The number of benzene rings is 1. The zero-order chi connectivity index (χ0) is 16.8. The maximum absolute atomic E-state index is 11.6. The predicted octanol–water partition coefficient (Wildman–Crippen LogP) is 4.63. The topological polar surface area (TPSA) is 49.8 Å². The summed E-state index contributed by atoms with van der Waals surface area (Å²) in [5.74, 6) is 1.68. The number of carbonyl (C=O) groups is 1. The molecule has 2 aliphatic rings. The molecule has 0 spiro atoms. The number of ether oxygens (including phenoxy) is 1. The summed E-state index contributed by atoms with van der Waals surface area (Å²) in [6, 6.07) is 7.99. The SMILES string of the molecule is CC(C)(C)C1[C@H]2C[C@@H](Oc3cccc(Br)c3)C[C@H]2CN1C(=O)O. The zero-order valence-corrected chi connectivity index (χ0v) is 15.4. The summed E-state index contributed by atoms with van der Waals surface area (Å²) in [5.41, 5.74) is -0.0531. The molecular formula is C18H24BrNO3. The maximum Gasteiger partial charge on any atom is 0.407 e. The molecule has 0 bridgehead atoms. The summed E-state index contributed by atoms with van der Waals surface area (Å²) >= 11 is 3.47. The first kappa shape index (κ1) is 16.6. The summed E-state index contributed by atoms with van der Waals surface area (Å²) in [5, 5.41) is 9.52. The Bertz CT molecular complexity index is 598. The summed E-state index contributed by atoms with van der Waals surface area (Å²) < 4.78 is 7.17. The van der Waals surface area contributed by atoms with E-state index in [4.69, 9.17) is 4.74 Å². The molecule has 3 rings (SSSR count). The number of likely N-dealkylation sites (tertiary alicyclic amines) is 1. The number of hydrogen-bond donors (Lipinski definition) is 1. The molecule has 1 aliphatic heterocycles. The Hall–Kier alpha value is -1.23. The highest BCUT2D eigenvalue weighted by Gasteiger charge is 2.53. The van der Waals surface area contributed by atoms with Gasteiger partial charge in [0.05, 0.1) is 6.10 Å². The van der Waals surface area contributed by atoms with E-state index in [1.165, 1.54) is 0 Å². The van der Waals surface area contributed by atoms with Gasteiger partial charge in [0.2, 0.25) is 0 Å².